The molecule has 6 nitrogen and oxygen atoms in total. The third-order valence-corrected chi connectivity index (χ3v) is 5.98. The van der Waals surface area contributed by atoms with Crippen molar-refractivity contribution in [3.8, 4) is 0 Å². The topological polar surface area (TPSA) is 60.9 Å². The molecule has 0 saturated carbocycles. The largest absolute Gasteiger partial charge is 0.367 e. The van der Waals surface area contributed by atoms with Crippen LogP contribution in [0.4, 0.5) is 10.5 Å². The lowest BCUT2D eigenvalue weighted by atomic mass is 9.68. The van der Waals surface area contributed by atoms with Crippen molar-refractivity contribution in [2.75, 3.05) is 25.5 Å². The summed E-state index contributed by atoms with van der Waals surface area (Å²) in [5.74, 6) is -0.837. The van der Waals surface area contributed by atoms with Gasteiger partial charge in [0.2, 0.25) is 11.8 Å². The van der Waals surface area contributed by atoms with E-state index in [9.17, 15) is 14.4 Å². The summed E-state index contributed by atoms with van der Waals surface area (Å²) in [7, 11) is 2.88. The lowest BCUT2D eigenvalue weighted by Crippen LogP contribution is -2.70. The van der Waals surface area contributed by atoms with Crippen molar-refractivity contribution in [3.63, 3.8) is 0 Å². The standard InChI is InChI=1S/C17H18ClN3O3/c1-19-14(22)17(15(23)20(2)16(19)24)9-10-11(18)5-3-6-12(10)21-8-4-7-13(17)21/h3,5-6,13H,4,7-9H2,1-2H3. The molecular formula is C17H18ClN3O3. The molecule has 1 atom stereocenters. The van der Waals surface area contributed by atoms with Crippen molar-refractivity contribution in [1.29, 1.82) is 0 Å². The maximum atomic E-state index is 13.1. The van der Waals surface area contributed by atoms with Crippen LogP contribution in [-0.4, -0.2) is 54.3 Å². The van der Waals surface area contributed by atoms with Crippen LogP contribution >= 0.6 is 11.6 Å². The number of carbonyl (C=O) groups is 3. The van der Waals surface area contributed by atoms with Crippen molar-refractivity contribution in [3.05, 3.63) is 28.8 Å². The number of fused-ring (bicyclic) bond motifs is 4. The van der Waals surface area contributed by atoms with E-state index in [1.807, 2.05) is 12.1 Å². The molecule has 4 rings (SSSR count). The predicted molar refractivity (Wildman–Crippen MR) is 88.9 cm³/mol. The predicted octanol–water partition coefficient (Wildman–Crippen LogP) is 1.90. The molecule has 2 fully saturated rings. The smallest absolute Gasteiger partial charge is 0.332 e. The molecule has 0 aromatic heterocycles. The van der Waals surface area contributed by atoms with E-state index in [0.29, 0.717) is 5.02 Å². The number of barbiturate groups is 1. The number of nitrogens with zero attached hydrogens (tertiary/aromatic N) is 3. The van der Waals surface area contributed by atoms with Gasteiger partial charge >= 0.3 is 6.03 Å². The van der Waals surface area contributed by atoms with E-state index in [1.54, 1.807) is 6.07 Å². The van der Waals surface area contributed by atoms with Crippen LogP contribution in [0.2, 0.25) is 5.02 Å². The monoisotopic (exact) mass is 347 g/mol. The first-order chi connectivity index (χ1) is 11.4. The van der Waals surface area contributed by atoms with Gasteiger partial charge in [0, 0.05) is 37.8 Å². The van der Waals surface area contributed by atoms with Crippen LogP contribution in [0.3, 0.4) is 0 Å². The minimum Gasteiger partial charge on any atom is -0.367 e. The molecule has 1 unspecified atom stereocenters. The van der Waals surface area contributed by atoms with Crippen LogP contribution in [-0.2, 0) is 16.0 Å². The van der Waals surface area contributed by atoms with Gasteiger partial charge in [-0.1, -0.05) is 17.7 Å². The molecule has 1 aromatic carbocycles. The summed E-state index contributed by atoms with van der Waals surface area (Å²) in [6.45, 7) is 0.779. The number of rotatable bonds is 0. The van der Waals surface area contributed by atoms with Gasteiger partial charge in [0.1, 0.15) is 0 Å². The molecule has 3 aliphatic heterocycles. The third kappa shape index (κ3) is 1.69. The second kappa shape index (κ2) is 4.96. The highest BCUT2D eigenvalue weighted by Crippen LogP contribution is 2.50. The van der Waals surface area contributed by atoms with Crippen LogP contribution in [0.15, 0.2) is 18.2 Å². The maximum Gasteiger partial charge on any atom is 0.332 e. The summed E-state index contributed by atoms with van der Waals surface area (Å²) in [6, 6.07) is 4.84. The number of imide groups is 2. The minimum absolute atomic E-state index is 0.235. The SMILES string of the molecule is CN1C(=O)N(C)C(=O)C2(Cc3c(Cl)cccc3N3CCCC32)C1=O. The molecule has 0 bridgehead atoms. The van der Waals surface area contributed by atoms with E-state index in [-0.39, 0.29) is 12.5 Å². The Bertz CT molecular complexity index is 754. The molecule has 3 aliphatic rings. The number of hydrogen-bond donors (Lipinski definition) is 0. The highest BCUT2D eigenvalue weighted by molar-refractivity contribution is 6.32. The Morgan fingerprint density at radius 1 is 1.12 bits per heavy atom. The molecule has 0 aliphatic carbocycles. The number of hydrogen-bond acceptors (Lipinski definition) is 4. The normalized spacial score (nSPS) is 25.4. The molecule has 1 spiro atoms. The summed E-state index contributed by atoms with van der Waals surface area (Å²) >= 11 is 6.39. The lowest BCUT2D eigenvalue weighted by molar-refractivity contribution is -0.159. The van der Waals surface area contributed by atoms with E-state index < -0.39 is 23.3 Å². The van der Waals surface area contributed by atoms with Gasteiger partial charge in [0.15, 0.2) is 5.41 Å². The number of anilines is 1. The second-order valence-electron chi connectivity index (χ2n) is 6.75. The summed E-state index contributed by atoms with van der Waals surface area (Å²) in [6.07, 6.45) is 1.89. The fourth-order valence-corrected chi connectivity index (χ4v) is 4.72. The first-order valence-electron chi connectivity index (χ1n) is 8.04. The van der Waals surface area contributed by atoms with E-state index in [2.05, 4.69) is 4.90 Å². The summed E-state index contributed by atoms with van der Waals surface area (Å²) in [5, 5.41) is 0.556. The lowest BCUT2D eigenvalue weighted by Gasteiger charge is -2.50. The van der Waals surface area contributed by atoms with Crippen molar-refractivity contribution >= 4 is 35.1 Å². The Kier molecular flexibility index (Phi) is 3.19. The van der Waals surface area contributed by atoms with Gasteiger partial charge in [0.05, 0.1) is 6.04 Å². The quantitative estimate of drug-likeness (QED) is 0.672. The molecule has 7 heteroatoms. The van der Waals surface area contributed by atoms with Crippen molar-refractivity contribution in [2.24, 2.45) is 5.41 Å². The number of urea groups is 1. The molecule has 3 heterocycles. The Morgan fingerprint density at radius 2 is 1.79 bits per heavy atom. The first kappa shape index (κ1) is 15.4. The Hall–Kier alpha value is -2.08. The van der Waals surface area contributed by atoms with E-state index in [0.717, 1.165) is 40.4 Å². The number of amides is 4. The fourth-order valence-electron chi connectivity index (χ4n) is 4.48. The van der Waals surface area contributed by atoms with Gasteiger partial charge < -0.3 is 4.90 Å². The fraction of sp³-hybridized carbons (Fsp3) is 0.471. The zero-order valence-corrected chi connectivity index (χ0v) is 14.3. The summed E-state index contributed by atoms with van der Waals surface area (Å²) in [4.78, 5) is 42.6. The third-order valence-electron chi connectivity index (χ3n) is 5.63. The van der Waals surface area contributed by atoms with Gasteiger partial charge in [-0.25, -0.2) is 4.79 Å². The van der Waals surface area contributed by atoms with Crippen LogP contribution < -0.4 is 4.90 Å². The molecule has 2 saturated heterocycles. The van der Waals surface area contributed by atoms with Gasteiger partial charge in [-0.15, -0.1) is 0 Å². The van der Waals surface area contributed by atoms with Gasteiger partial charge in [-0.3, -0.25) is 19.4 Å². The van der Waals surface area contributed by atoms with E-state index >= 15 is 0 Å². The molecule has 4 amide bonds. The molecule has 1 aromatic rings. The highest BCUT2D eigenvalue weighted by atomic mass is 35.5. The van der Waals surface area contributed by atoms with Crippen LogP contribution in [0, 0.1) is 5.41 Å². The summed E-state index contributed by atoms with van der Waals surface area (Å²) in [5.41, 5.74) is 0.542. The molecular weight excluding hydrogens is 330 g/mol. The molecule has 24 heavy (non-hydrogen) atoms. The van der Waals surface area contributed by atoms with Crippen LogP contribution in [0.5, 0.6) is 0 Å². The number of benzene rings is 1. The van der Waals surface area contributed by atoms with E-state index in [1.165, 1.54) is 14.1 Å². The van der Waals surface area contributed by atoms with E-state index in [4.69, 9.17) is 11.6 Å². The molecule has 0 radical (unpaired) electrons. The van der Waals surface area contributed by atoms with Crippen molar-refractivity contribution in [2.45, 2.75) is 25.3 Å². The summed E-state index contributed by atoms with van der Waals surface area (Å²) < 4.78 is 0. The van der Waals surface area contributed by atoms with Gasteiger partial charge in [-0.05, 0) is 30.5 Å². The zero-order valence-electron chi connectivity index (χ0n) is 13.6. The first-order valence-corrected chi connectivity index (χ1v) is 8.41. The zero-order chi connectivity index (χ0) is 17.2. The molecule has 0 N–H and O–H groups in total. The second-order valence-corrected chi connectivity index (χ2v) is 7.16. The van der Waals surface area contributed by atoms with Crippen molar-refractivity contribution in [1.82, 2.24) is 9.80 Å². The Labute approximate surface area is 144 Å². The Balaban J connectivity index is 1.94. The average Bonchev–Trinajstić information content (AvgIpc) is 3.08. The van der Waals surface area contributed by atoms with Crippen LogP contribution in [0.25, 0.3) is 0 Å². The highest BCUT2D eigenvalue weighted by Gasteiger charge is 2.63. The van der Waals surface area contributed by atoms with Gasteiger partial charge in [0.25, 0.3) is 0 Å². The average molecular weight is 348 g/mol. The molecule has 126 valence electrons. The number of carbonyl (C=O) groups excluding carboxylic acids is 3. The van der Waals surface area contributed by atoms with Crippen LogP contribution in [0.1, 0.15) is 18.4 Å². The van der Waals surface area contributed by atoms with Crippen molar-refractivity contribution < 1.29 is 14.4 Å². The number of halogens is 1. The minimum atomic E-state index is -1.27. The maximum absolute atomic E-state index is 13.1. The van der Waals surface area contributed by atoms with Gasteiger partial charge in [-0.2, -0.15) is 0 Å². The Morgan fingerprint density at radius 3 is 2.46 bits per heavy atom.